The maximum atomic E-state index is 12.2. The smallest absolute Gasteiger partial charge is 0.246 e. The Labute approximate surface area is 158 Å². The number of likely N-dealkylation sites (N-methyl/N-ethyl adjacent to an activating group) is 1. The molecule has 6 heteroatoms. The Morgan fingerprint density at radius 1 is 1.15 bits per heavy atom. The van der Waals surface area contributed by atoms with Gasteiger partial charge in [-0.1, -0.05) is 30.3 Å². The van der Waals surface area contributed by atoms with Gasteiger partial charge in [0.15, 0.2) is 0 Å². The molecule has 5 nitrogen and oxygen atoms in total. The number of hydrogen-bond acceptors (Lipinski definition) is 4. The maximum absolute atomic E-state index is 12.2. The average Bonchev–Trinajstić information content (AvgIpc) is 2.66. The number of nitrogens with one attached hydrogen (secondary N) is 1. The van der Waals surface area contributed by atoms with Gasteiger partial charge in [0.2, 0.25) is 11.8 Å². The van der Waals surface area contributed by atoms with Crippen LogP contribution in [0.5, 0.6) is 5.75 Å². The van der Waals surface area contributed by atoms with Crippen LogP contribution in [0.4, 0.5) is 5.69 Å². The number of anilines is 1. The molecular formula is C20H22N2O3S. The van der Waals surface area contributed by atoms with Crippen LogP contribution < -0.4 is 10.1 Å². The summed E-state index contributed by atoms with van der Waals surface area (Å²) in [5, 5.41) is 2.84. The van der Waals surface area contributed by atoms with Gasteiger partial charge in [-0.25, -0.2) is 0 Å². The monoisotopic (exact) mass is 370 g/mol. The van der Waals surface area contributed by atoms with E-state index in [1.165, 1.54) is 11.0 Å². The highest BCUT2D eigenvalue weighted by atomic mass is 32.2. The van der Waals surface area contributed by atoms with Crippen molar-refractivity contribution in [2.75, 3.05) is 32.3 Å². The molecule has 26 heavy (non-hydrogen) atoms. The van der Waals surface area contributed by atoms with Crippen molar-refractivity contribution in [1.82, 2.24) is 4.90 Å². The number of para-hydroxylation sites is 2. The number of rotatable bonds is 7. The van der Waals surface area contributed by atoms with Crippen LogP contribution >= 0.6 is 11.8 Å². The molecule has 0 aliphatic carbocycles. The molecule has 0 unspecified atom stereocenters. The van der Waals surface area contributed by atoms with Gasteiger partial charge >= 0.3 is 0 Å². The largest absolute Gasteiger partial charge is 0.496 e. The van der Waals surface area contributed by atoms with E-state index in [4.69, 9.17) is 4.74 Å². The molecule has 0 spiro atoms. The summed E-state index contributed by atoms with van der Waals surface area (Å²) in [5.41, 5.74) is 1.55. The summed E-state index contributed by atoms with van der Waals surface area (Å²) < 4.78 is 5.25. The summed E-state index contributed by atoms with van der Waals surface area (Å²) in [6.45, 7) is -0.0299. The first kappa shape index (κ1) is 19.6. The van der Waals surface area contributed by atoms with Crippen molar-refractivity contribution in [2.45, 2.75) is 4.90 Å². The minimum absolute atomic E-state index is 0.0299. The summed E-state index contributed by atoms with van der Waals surface area (Å²) in [5.74, 6) is 0.183. The van der Waals surface area contributed by atoms with E-state index < -0.39 is 0 Å². The molecule has 136 valence electrons. The number of carbonyl (C=O) groups excluding carboxylic acids is 2. The fourth-order valence-corrected chi connectivity index (χ4v) is 2.88. The molecule has 2 rings (SSSR count). The zero-order chi connectivity index (χ0) is 18.9. The Kier molecular flexibility index (Phi) is 7.29. The van der Waals surface area contributed by atoms with Gasteiger partial charge < -0.3 is 15.0 Å². The highest BCUT2D eigenvalue weighted by Crippen LogP contribution is 2.24. The summed E-state index contributed by atoms with van der Waals surface area (Å²) in [6, 6.07) is 15.0. The number of benzene rings is 2. The zero-order valence-corrected chi connectivity index (χ0v) is 15.9. The Hall–Kier alpha value is -2.73. The highest BCUT2D eigenvalue weighted by molar-refractivity contribution is 7.98. The number of methoxy groups -OCH3 is 1. The third kappa shape index (κ3) is 5.39. The van der Waals surface area contributed by atoms with Crippen molar-refractivity contribution < 1.29 is 14.3 Å². The molecule has 0 bridgehead atoms. The van der Waals surface area contributed by atoms with Crippen molar-refractivity contribution in [2.24, 2.45) is 0 Å². The number of thioether (sulfide) groups is 1. The van der Waals surface area contributed by atoms with Crippen molar-refractivity contribution in [1.29, 1.82) is 0 Å². The second-order valence-electron chi connectivity index (χ2n) is 5.52. The molecule has 0 fully saturated rings. The molecule has 1 N–H and O–H groups in total. The first-order valence-electron chi connectivity index (χ1n) is 8.04. The van der Waals surface area contributed by atoms with E-state index in [1.807, 2.05) is 54.8 Å². The summed E-state index contributed by atoms with van der Waals surface area (Å²) in [6.07, 6.45) is 5.06. The molecule has 2 amide bonds. The fraction of sp³-hybridized carbons (Fsp3) is 0.200. The molecule has 2 aromatic rings. The minimum atomic E-state index is -0.260. The van der Waals surface area contributed by atoms with Crippen LogP contribution in [0.15, 0.2) is 59.5 Å². The van der Waals surface area contributed by atoms with Crippen molar-refractivity contribution >= 4 is 35.3 Å². The SMILES string of the molecule is COc1ccccc1C=CC(=O)N(C)CC(=O)Nc1ccccc1SC. The van der Waals surface area contributed by atoms with Crippen LogP contribution in [0.25, 0.3) is 6.08 Å². The number of carbonyl (C=O) groups is 2. The number of ether oxygens (including phenoxy) is 1. The first-order chi connectivity index (χ1) is 12.5. The number of hydrogen-bond donors (Lipinski definition) is 1. The summed E-state index contributed by atoms with van der Waals surface area (Å²) >= 11 is 1.55. The normalized spacial score (nSPS) is 10.6. The maximum Gasteiger partial charge on any atom is 0.246 e. The lowest BCUT2D eigenvalue weighted by atomic mass is 10.2. The van der Waals surface area contributed by atoms with Gasteiger partial charge in [0, 0.05) is 23.6 Å². The topological polar surface area (TPSA) is 58.6 Å². The van der Waals surface area contributed by atoms with Crippen LogP contribution in [0.1, 0.15) is 5.56 Å². The Morgan fingerprint density at radius 3 is 2.58 bits per heavy atom. The van der Waals surface area contributed by atoms with Crippen LogP contribution in [0.2, 0.25) is 0 Å². The predicted octanol–water partition coefficient (Wildman–Crippen LogP) is 3.53. The molecule has 0 saturated carbocycles. The molecule has 0 aromatic heterocycles. The van der Waals surface area contributed by atoms with Crippen molar-refractivity contribution in [3.63, 3.8) is 0 Å². The lowest BCUT2D eigenvalue weighted by Gasteiger charge is -2.16. The fourth-order valence-electron chi connectivity index (χ4n) is 2.32. The van der Waals surface area contributed by atoms with Crippen LogP contribution in [-0.4, -0.2) is 43.7 Å². The van der Waals surface area contributed by atoms with E-state index in [0.29, 0.717) is 5.75 Å². The van der Waals surface area contributed by atoms with E-state index in [0.717, 1.165) is 16.1 Å². The Balaban J connectivity index is 1.96. The minimum Gasteiger partial charge on any atom is -0.496 e. The Morgan fingerprint density at radius 2 is 1.85 bits per heavy atom. The van der Waals surface area contributed by atoms with Crippen LogP contribution in [0.3, 0.4) is 0 Å². The lowest BCUT2D eigenvalue weighted by Crippen LogP contribution is -2.33. The molecule has 0 aliphatic heterocycles. The predicted molar refractivity (Wildman–Crippen MR) is 107 cm³/mol. The van der Waals surface area contributed by atoms with Crippen LogP contribution in [0, 0.1) is 0 Å². The molecule has 0 atom stereocenters. The van der Waals surface area contributed by atoms with Gasteiger partial charge in [0.25, 0.3) is 0 Å². The molecule has 0 heterocycles. The third-order valence-corrected chi connectivity index (χ3v) is 4.48. The molecule has 0 radical (unpaired) electrons. The second-order valence-corrected chi connectivity index (χ2v) is 6.37. The summed E-state index contributed by atoms with van der Waals surface area (Å²) in [4.78, 5) is 26.8. The van der Waals surface area contributed by atoms with Gasteiger partial charge in [-0.3, -0.25) is 9.59 Å². The Bertz CT molecular complexity index is 805. The first-order valence-corrected chi connectivity index (χ1v) is 9.26. The quantitative estimate of drug-likeness (QED) is 0.598. The molecule has 0 aliphatic rings. The number of nitrogens with zero attached hydrogens (tertiary/aromatic N) is 1. The van der Waals surface area contributed by atoms with Gasteiger partial charge in [-0.2, -0.15) is 0 Å². The van der Waals surface area contributed by atoms with Crippen LogP contribution in [-0.2, 0) is 9.59 Å². The van der Waals surface area contributed by atoms with E-state index in [2.05, 4.69) is 5.32 Å². The van der Waals surface area contributed by atoms with Crippen molar-refractivity contribution in [3.8, 4) is 5.75 Å². The zero-order valence-electron chi connectivity index (χ0n) is 15.1. The van der Waals surface area contributed by atoms with Gasteiger partial charge in [-0.05, 0) is 30.5 Å². The van der Waals surface area contributed by atoms with E-state index in [-0.39, 0.29) is 18.4 Å². The highest BCUT2D eigenvalue weighted by Gasteiger charge is 2.12. The number of amides is 2. The van der Waals surface area contributed by atoms with E-state index in [1.54, 1.807) is 32.0 Å². The van der Waals surface area contributed by atoms with Gasteiger partial charge in [0.05, 0.1) is 19.3 Å². The lowest BCUT2D eigenvalue weighted by molar-refractivity contribution is -0.129. The summed E-state index contributed by atoms with van der Waals surface area (Å²) in [7, 11) is 3.17. The molecular weight excluding hydrogens is 348 g/mol. The molecule has 0 saturated heterocycles. The van der Waals surface area contributed by atoms with Crippen molar-refractivity contribution in [3.05, 3.63) is 60.2 Å². The third-order valence-electron chi connectivity index (χ3n) is 3.68. The van der Waals surface area contributed by atoms with E-state index in [9.17, 15) is 9.59 Å². The second kappa shape index (κ2) is 9.68. The average molecular weight is 370 g/mol. The van der Waals surface area contributed by atoms with Gasteiger partial charge in [-0.15, -0.1) is 11.8 Å². The standard InChI is InChI=1S/C20H22N2O3S/c1-22(14-19(23)21-16-9-5-7-11-18(16)26-3)20(24)13-12-15-8-4-6-10-17(15)25-2/h4-13H,14H2,1-3H3,(H,21,23). The van der Waals surface area contributed by atoms with Gasteiger partial charge in [0.1, 0.15) is 5.75 Å². The van der Waals surface area contributed by atoms with E-state index >= 15 is 0 Å². The molecule has 2 aromatic carbocycles.